The van der Waals surface area contributed by atoms with Crippen LogP contribution < -0.4 is 0 Å². The maximum atomic E-state index is 2.67. The number of nitrogens with zero attached hydrogens (tertiary/aromatic N) is 2. The van der Waals surface area contributed by atoms with Crippen LogP contribution in [0.2, 0.25) is 0 Å². The fourth-order valence-corrected chi connectivity index (χ4v) is 4.95. The second kappa shape index (κ2) is 21.2. The van der Waals surface area contributed by atoms with Gasteiger partial charge in [0, 0.05) is 25.5 Å². The molecule has 0 saturated heterocycles. The molecule has 1 aliphatic heterocycles. The van der Waals surface area contributed by atoms with E-state index in [2.05, 4.69) is 43.0 Å². The Morgan fingerprint density at radius 1 is 0.419 bits per heavy atom. The van der Waals surface area contributed by atoms with E-state index in [9.17, 15) is 0 Å². The standard InChI is InChI=1S/C29H58N2/c1-4-7-10-12-14-15-16-17-18-19-21-24-29-30(25-22-9-6-3)27-28-31(29)26-23-20-13-11-8-5-2/h27-29H,4-26H2,1-3H3. The van der Waals surface area contributed by atoms with E-state index in [4.69, 9.17) is 0 Å². The minimum absolute atomic E-state index is 0.645. The van der Waals surface area contributed by atoms with E-state index < -0.39 is 0 Å². The molecule has 0 aromatic carbocycles. The first-order valence-electron chi connectivity index (χ1n) is 14.5. The van der Waals surface area contributed by atoms with Crippen molar-refractivity contribution in [2.45, 2.75) is 162 Å². The molecular weight excluding hydrogens is 376 g/mol. The van der Waals surface area contributed by atoms with Gasteiger partial charge in [0.25, 0.3) is 0 Å². The summed E-state index contributed by atoms with van der Waals surface area (Å²) in [6.07, 6.45) is 35.1. The lowest BCUT2D eigenvalue weighted by Gasteiger charge is -2.33. The number of unbranched alkanes of at least 4 members (excludes halogenated alkanes) is 17. The molecule has 0 aromatic rings. The summed E-state index contributed by atoms with van der Waals surface area (Å²) in [4.78, 5) is 5.32. The highest BCUT2D eigenvalue weighted by Crippen LogP contribution is 2.23. The molecule has 0 N–H and O–H groups in total. The van der Waals surface area contributed by atoms with Crippen LogP contribution in [0.4, 0.5) is 0 Å². The summed E-state index contributed by atoms with van der Waals surface area (Å²) < 4.78 is 0. The van der Waals surface area contributed by atoms with Gasteiger partial charge in [0.15, 0.2) is 0 Å². The third-order valence-corrected chi connectivity index (χ3v) is 7.07. The highest BCUT2D eigenvalue weighted by atomic mass is 15.4. The normalized spacial score (nSPS) is 16.0. The Morgan fingerprint density at radius 2 is 0.742 bits per heavy atom. The van der Waals surface area contributed by atoms with E-state index in [-0.39, 0.29) is 0 Å². The summed E-state index contributed by atoms with van der Waals surface area (Å²) in [7, 11) is 0. The van der Waals surface area contributed by atoms with Crippen LogP contribution >= 0.6 is 0 Å². The Labute approximate surface area is 197 Å². The van der Waals surface area contributed by atoms with Crippen molar-refractivity contribution in [2.75, 3.05) is 13.1 Å². The molecule has 1 aliphatic rings. The van der Waals surface area contributed by atoms with Crippen LogP contribution in [0.15, 0.2) is 12.4 Å². The van der Waals surface area contributed by atoms with E-state index in [1.54, 1.807) is 0 Å². The first-order chi connectivity index (χ1) is 15.3. The highest BCUT2D eigenvalue weighted by molar-refractivity contribution is 4.96. The van der Waals surface area contributed by atoms with Crippen molar-refractivity contribution in [1.29, 1.82) is 0 Å². The summed E-state index contributed by atoms with van der Waals surface area (Å²) in [6, 6.07) is 0. The summed E-state index contributed by atoms with van der Waals surface area (Å²) in [5, 5.41) is 0. The van der Waals surface area contributed by atoms with Crippen molar-refractivity contribution in [2.24, 2.45) is 0 Å². The summed E-state index contributed by atoms with van der Waals surface area (Å²) in [6.45, 7) is 9.43. The molecule has 1 unspecified atom stereocenters. The maximum Gasteiger partial charge on any atom is 0.101 e. The van der Waals surface area contributed by atoms with Crippen molar-refractivity contribution in [3.8, 4) is 0 Å². The van der Waals surface area contributed by atoms with Crippen molar-refractivity contribution in [3.63, 3.8) is 0 Å². The quantitative estimate of drug-likeness (QED) is 0.148. The molecule has 0 amide bonds. The second-order valence-corrected chi connectivity index (χ2v) is 10.1. The molecule has 1 atom stereocenters. The minimum atomic E-state index is 0.645. The van der Waals surface area contributed by atoms with Gasteiger partial charge in [-0.05, 0) is 25.7 Å². The Balaban J connectivity index is 2.18. The van der Waals surface area contributed by atoms with Gasteiger partial charge in [-0.2, -0.15) is 0 Å². The molecule has 2 heteroatoms. The fourth-order valence-electron chi connectivity index (χ4n) is 4.95. The molecule has 184 valence electrons. The third-order valence-electron chi connectivity index (χ3n) is 7.07. The largest absolute Gasteiger partial charge is 0.356 e. The van der Waals surface area contributed by atoms with Gasteiger partial charge in [0.1, 0.15) is 6.17 Å². The van der Waals surface area contributed by atoms with Crippen LogP contribution in [0, 0.1) is 0 Å². The van der Waals surface area contributed by atoms with E-state index in [1.165, 1.54) is 148 Å². The predicted octanol–water partition coefficient (Wildman–Crippen LogP) is 9.65. The van der Waals surface area contributed by atoms with Crippen LogP contribution in [0.3, 0.4) is 0 Å². The molecule has 0 spiro atoms. The smallest absolute Gasteiger partial charge is 0.101 e. The zero-order valence-electron chi connectivity index (χ0n) is 21.9. The van der Waals surface area contributed by atoms with E-state index in [0.717, 1.165) is 0 Å². The topological polar surface area (TPSA) is 6.48 Å². The van der Waals surface area contributed by atoms with Crippen molar-refractivity contribution < 1.29 is 0 Å². The van der Waals surface area contributed by atoms with Gasteiger partial charge in [-0.25, -0.2) is 0 Å². The average Bonchev–Trinajstić information content (AvgIpc) is 3.16. The molecule has 0 radical (unpaired) electrons. The first kappa shape index (κ1) is 28.4. The molecule has 0 saturated carbocycles. The maximum absolute atomic E-state index is 2.67. The number of hydrogen-bond donors (Lipinski definition) is 0. The van der Waals surface area contributed by atoms with Gasteiger partial charge in [-0.3, -0.25) is 0 Å². The fraction of sp³-hybridized carbons (Fsp3) is 0.931. The lowest BCUT2D eigenvalue weighted by atomic mass is 10.0. The third kappa shape index (κ3) is 14.9. The van der Waals surface area contributed by atoms with E-state index >= 15 is 0 Å². The van der Waals surface area contributed by atoms with E-state index in [1.807, 2.05) is 0 Å². The lowest BCUT2D eigenvalue weighted by Crippen LogP contribution is -2.39. The molecule has 0 aliphatic carbocycles. The predicted molar refractivity (Wildman–Crippen MR) is 140 cm³/mol. The SMILES string of the molecule is CCCCCCCCCCCCCC1N(CCCCC)C=CN1CCCCCCCC. The molecule has 0 bridgehead atoms. The summed E-state index contributed by atoms with van der Waals surface area (Å²) in [5.74, 6) is 0. The number of hydrogen-bond acceptors (Lipinski definition) is 2. The average molecular weight is 435 g/mol. The van der Waals surface area contributed by atoms with Crippen molar-refractivity contribution >= 4 is 0 Å². The Morgan fingerprint density at radius 3 is 1.19 bits per heavy atom. The zero-order valence-corrected chi connectivity index (χ0v) is 21.9. The van der Waals surface area contributed by atoms with Gasteiger partial charge < -0.3 is 9.80 Å². The van der Waals surface area contributed by atoms with Gasteiger partial charge in [0.2, 0.25) is 0 Å². The molecule has 0 fully saturated rings. The molecule has 1 rings (SSSR count). The van der Waals surface area contributed by atoms with Gasteiger partial charge >= 0.3 is 0 Å². The first-order valence-corrected chi connectivity index (χ1v) is 14.5. The second-order valence-electron chi connectivity index (χ2n) is 10.1. The molecule has 2 nitrogen and oxygen atoms in total. The van der Waals surface area contributed by atoms with Crippen LogP contribution in [-0.4, -0.2) is 29.1 Å². The highest BCUT2D eigenvalue weighted by Gasteiger charge is 2.24. The van der Waals surface area contributed by atoms with Gasteiger partial charge in [0.05, 0.1) is 0 Å². The molecule has 0 aromatic heterocycles. The van der Waals surface area contributed by atoms with Crippen molar-refractivity contribution in [3.05, 3.63) is 12.4 Å². The Bertz CT molecular complexity index is 392. The monoisotopic (exact) mass is 434 g/mol. The van der Waals surface area contributed by atoms with Crippen LogP contribution in [0.1, 0.15) is 156 Å². The minimum Gasteiger partial charge on any atom is -0.356 e. The zero-order chi connectivity index (χ0) is 22.4. The van der Waals surface area contributed by atoms with Gasteiger partial charge in [-0.1, -0.05) is 130 Å². The molecule has 31 heavy (non-hydrogen) atoms. The summed E-state index contributed by atoms with van der Waals surface area (Å²) in [5.41, 5.74) is 0. The Hall–Kier alpha value is -0.660. The molecular formula is C29H58N2. The Kier molecular flexibility index (Phi) is 19.4. The van der Waals surface area contributed by atoms with Crippen molar-refractivity contribution in [1.82, 2.24) is 9.80 Å². The lowest BCUT2D eigenvalue weighted by molar-refractivity contribution is 0.135. The van der Waals surface area contributed by atoms with E-state index in [0.29, 0.717) is 6.17 Å². The molecule has 1 heterocycles. The van der Waals surface area contributed by atoms with Crippen LogP contribution in [0.5, 0.6) is 0 Å². The van der Waals surface area contributed by atoms with Gasteiger partial charge in [-0.15, -0.1) is 0 Å². The van der Waals surface area contributed by atoms with Crippen LogP contribution in [-0.2, 0) is 0 Å². The number of rotatable bonds is 23. The van der Waals surface area contributed by atoms with Crippen LogP contribution in [0.25, 0.3) is 0 Å². The summed E-state index contributed by atoms with van der Waals surface area (Å²) >= 11 is 0.